The number of aromatic nitrogens is 2. The van der Waals surface area contributed by atoms with E-state index in [-0.39, 0.29) is 11.8 Å². The molecular formula is C21H22N4O2S. The summed E-state index contributed by atoms with van der Waals surface area (Å²) in [6.45, 7) is 4.17. The minimum Gasteiger partial charge on any atom is -0.347 e. The maximum atomic E-state index is 12.4. The summed E-state index contributed by atoms with van der Waals surface area (Å²) >= 11 is 1.42. The van der Waals surface area contributed by atoms with E-state index in [4.69, 9.17) is 0 Å². The fourth-order valence-electron chi connectivity index (χ4n) is 2.69. The predicted octanol–water partition coefficient (Wildman–Crippen LogP) is 3.82. The third kappa shape index (κ3) is 4.43. The van der Waals surface area contributed by atoms with Gasteiger partial charge >= 0.3 is 0 Å². The largest absolute Gasteiger partial charge is 0.347 e. The topological polar surface area (TPSA) is 75.2 Å². The third-order valence-corrected chi connectivity index (χ3v) is 5.36. The summed E-state index contributed by atoms with van der Waals surface area (Å²) < 4.78 is 0. The standard InChI is InChI=1S/C21H22N4O2S/c1-4-19(26)25(3)17-9-7-15(8-10-17)21-24-18(13-28-21)20(27)23-12-16-6-5-11-22-14(16)2/h5-11,13H,4,12H2,1-3H3,(H,23,27). The highest BCUT2D eigenvalue weighted by Gasteiger charge is 2.13. The number of amides is 2. The monoisotopic (exact) mass is 394 g/mol. The van der Waals surface area contributed by atoms with Crippen LogP contribution < -0.4 is 10.2 Å². The molecule has 1 aromatic carbocycles. The molecule has 3 aromatic rings. The van der Waals surface area contributed by atoms with Gasteiger partial charge in [0.2, 0.25) is 5.91 Å². The van der Waals surface area contributed by atoms with Gasteiger partial charge in [-0.2, -0.15) is 0 Å². The summed E-state index contributed by atoms with van der Waals surface area (Å²) in [6.07, 6.45) is 2.19. The molecule has 3 rings (SSSR count). The Bertz CT molecular complexity index is 982. The number of anilines is 1. The summed E-state index contributed by atoms with van der Waals surface area (Å²) in [5.74, 6) is -0.152. The number of thiazole rings is 1. The lowest BCUT2D eigenvalue weighted by Crippen LogP contribution is -2.24. The Morgan fingerprint density at radius 3 is 2.61 bits per heavy atom. The van der Waals surface area contributed by atoms with E-state index in [0.717, 1.165) is 27.5 Å². The van der Waals surface area contributed by atoms with Crippen molar-refractivity contribution in [3.05, 3.63) is 64.9 Å². The molecule has 0 spiro atoms. The van der Waals surface area contributed by atoms with Crippen molar-refractivity contribution < 1.29 is 9.59 Å². The summed E-state index contributed by atoms with van der Waals surface area (Å²) in [4.78, 5) is 34.5. The molecule has 0 bridgehead atoms. The van der Waals surface area contributed by atoms with Crippen molar-refractivity contribution in [2.45, 2.75) is 26.8 Å². The number of hydrogen-bond donors (Lipinski definition) is 1. The van der Waals surface area contributed by atoms with Gasteiger partial charge < -0.3 is 10.2 Å². The van der Waals surface area contributed by atoms with Gasteiger partial charge in [-0.3, -0.25) is 14.6 Å². The fourth-order valence-corrected chi connectivity index (χ4v) is 3.50. The molecule has 0 aliphatic rings. The SMILES string of the molecule is CCC(=O)N(C)c1ccc(-c2nc(C(=O)NCc3cccnc3C)cs2)cc1. The summed E-state index contributed by atoms with van der Waals surface area (Å²) in [7, 11) is 1.76. The van der Waals surface area contributed by atoms with Crippen molar-refractivity contribution in [1.29, 1.82) is 0 Å². The first-order valence-corrected chi connectivity index (χ1v) is 9.88. The molecule has 0 saturated carbocycles. The van der Waals surface area contributed by atoms with Crippen molar-refractivity contribution in [3.63, 3.8) is 0 Å². The van der Waals surface area contributed by atoms with Crippen LogP contribution in [-0.2, 0) is 11.3 Å². The summed E-state index contributed by atoms with van der Waals surface area (Å²) in [5.41, 5.74) is 4.01. The maximum Gasteiger partial charge on any atom is 0.271 e. The van der Waals surface area contributed by atoms with Crippen molar-refractivity contribution in [2.75, 3.05) is 11.9 Å². The molecule has 2 amide bonds. The van der Waals surface area contributed by atoms with Gasteiger partial charge in [-0.25, -0.2) is 4.98 Å². The van der Waals surface area contributed by atoms with E-state index in [9.17, 15) is 9.59 Å². The number of rotatable bonds is 6. The third-order valence-electron chi connectivity index (χ3n) is 4.47. The molecule has 2 aromatic heterocycles. The van der Waals surface area contributed by atoms with Gasteiger partial charge in [-0.05, 0) is 42.8 Å². The second-order valence-electron chi connectivity index (χ2n) is 6.32. The lowest BCUT2D eigenvalue weighted by atomic mass is 10.2. The highest BCUT2D eigenvalue weighted by Crippen LogP contribution is 2.26. The van der Waals surface area contributed by atoms with Crippen LogP contribution in [0.15, 0.2) is 48.0 Å². The number of benzene rings is 1. The molecule has 1 N–H and O–H groups in total. The number of nitrogens with zero attached hydrogens (tertiary/aromatic N) is 3. The number of pyridine rings is 1. The molecule has 0 saturated heterocycles. The minimum atomic E-state index is -0.212. The lowest BCUT2D eigenvalue weighted by Gasteiger charge is -2.16. The number of carbonyl (C=O) groups excluding carboxylic acids is 2. The molecule has 144 valence electrons. The van der Waals surface area contributed by atoms with Gasteiger partial charge in [0.25, 0.3) is 5.91 Å². The van der Waals surface area contributed by atoms with E-state index in [1.165, 1.54) is 11.3 Å². The average Bonchev–Trinajstić information content (AvgIpc) is 3.22. The molecule has 0 radical (unpaired) electrons. The molecule has 0 fully saturated rings. The molecular weight excluding hydrogens is 372 g/mol. The van der Waals surface area contributed by atoms with E-state index < -0.39 is 0 Å². The van der Waals surface area contributed by atoms with Crippen LogP contribution in [0.4, 0.5) is 5.69 Å². The quantitative estimate of drug-likeness (QED) is 0.690. The smallest absolute Gasteiger partial charge is 0.271 e. The van der Waals surface area contributed by atoms with Crippen LogP contribution in [0.2, 0.25) is 0 Å². The Kier molecular flexibility index (Phi) is 6.16. The normalized spacial score (nSPS) is 10.5. The number of carbonyl (C=O) groups is 2. The average molecular weight is 395 g/mol. The zero-order valence-corrected chi connectivity index (χ0v) is 16.9. The zero-order valence-electron chi connectivity index (χ0n) is 16.1. The predicted molar refractivity (Wildman–Crippen MR) is 111 cm³/mol. The fraction of sp³-hybridized carbons (Fsp3) is 0.238. The van der Waals surface area contributed by atoms with Crippen LogP contribution in [0, 0.1) is 6.92 Å². The zero-order chi connectivity index (χ0) is 20.1. The molecule has 6 nitrogen and oxygen atoms in total. The van der Waals surface area contributed by atoms with Gasteiger partial charge in [0, 0.05) is 48.5 Å². The van der Waals surface area contributed by atoms with Gasteiger partial charge in [0.1, 0.15) is 10.7 Å². The molecule has 0 unspecified atom stereocenters. The first kappa shape index (κ1) is 19.7. The van der Waals surface area contributed by atoms with Gasteiger partial charge in [0.15, 0.2) is 0 Å². The Hall–Kier alpha value is -3.06. The van der Waals surface area contributed by atoms with E-state index in [1.807, 2.05) is 50.2 Å². The van der Waals surface area contributed by atoms with Crippen LogP contribution in [0.1, 0.15) is 35.1 Å². The van der Waals surface area contributed by atoms with Crippen molar-refractivity contribution in [2.24, 2.45) is 0 Å². The minimum absolute atomic E-state index is 0.0600. The van der Waals surface area contributed by atoms with Crippen molar-refractivity contribution in [3.8, 4) is 10.6 Å². The van der Waals surface area contributed by atoms with Crippen LogP contribution >= 0.6 is 11.3 Å². The molecule has 7 heteroatoms. The van der Waals surface area contributed by atoms with Crippen LogP contribution in [-0.4, -0.2) is 28.8 Å². The summed E-state index contributed by atoms with van der Waals surface area (Å²) in [5, 5.41) is 5.40. The summed E-state index contributed by atoms with van der Waals surface area (Å²) in [6, 6.07) is 11.4. The molecule has 0 atom stereocenters. The van der Waals surface area contributed by atoms with Crippen LogP contribution in [0.5, 0.6) is 0 Å². The Balaban J connectivity index is 1.67. The first-order chi connectivity index (χ1) is 13.5. The molecule has 2 heterocycles. The van der Waals surface area contributed by atoms with E-state index in [1.54, 1.807) is 23.5 Å². The first-order valence-electron chi connectivity index (χ1n) is 9.00. The highest BCUT2D eigenvalue weighted by molar-refractivity contribution is 7.13. The molecule has 0 aliphatic heterocycles. The lowest BCUT2D eigenvalue weighted by molar-refractivity contribution is -0.118. The Morgan fingerprint density at radius 1 is 1.18 bits per heavy atom. The van der Waals surface area contributed by atoms with Crippen LogP contribution in [0.25, 0.3) is 10.6 Å². The number of aryl methyl sites for hydroxylation is 1. The highest BCUT2D eigenvalue weighted by atomic mass is 32.1. The van der Waals surface area contributed by atoms with E-state index in [2.05, 4.69) is 15.3 Å². The van der Waals surface area contributed by atoms with Crippen molar-refractivity contribution in [1.82, 2.24) is 15.3 Å². The van der Waals surface area contributed by atoms with E-state index in [0.29, 0.717) is 18.7 Å². The molecule has 0 aliphatic carbocycles. The van der Waals surface area contributed by atoms with E-state index >= 15 is 0 Å². The Morgan fingerprint density at radius 2 is 1.93 bits per heavy atom. The second-order valence-corrected chi connectivity index (χ2v) is 7.18. The Labute approximate surface area is 168 Å². The second kappa shape index (κ2) is 8.75. The van der Waals surface area contributed by atoms with Gasteiger partial charge in [-0.15, -0.1) is 11.3 Å². The van der Waals surface area contributed by atoms with Crippen molar-refractivity contribution >= 4 is 28.8 Å². The number of nitrogens with one attached hydrogen (secondary N) is 1. The number of hydrogen-bond acceptors (Lipinski definition) is 5. The van der Waals surface area contributed by atoms with Crippen LogP contribution in [0.3, 0.4) is 0 Å². The van der Waals surface area contributed by atoms with Gasteiger partial charge in [-0.1, -0.05) is 13.0 Å². The molecule has 28 heavy (non-hydrogen) atoms. The van der Waals surface area contributed by atoms with Gasteiger partial charge in [0.05, 0.1) is 0 Å². The maximum absolute atomic E-state index is 12.4.